The lowest BCUT2D eigenvalue weighted by Gasteiger charge is -2.40. The van der Waals surface area contributed by atoms with Crippen LogP contribution in [0.5, 0.6) is 23.0 Å². The largest absolute Gasteiger partial charge is 0.455 e. The van der Waals surface area contributed by atoms with Crippen molar-refractivity contribution in [2.24, 2.45) is 0 Å². The Labute approximate surface area is 726 Å². The third kappa shape index (κ3) is 11.1. The molecule has 4 aliphatic rings. The highest BCUT2D eigenvalue weighted by Gasteiger charge is 2.54. The number of aromatic nitrogens is 7. The van der Waals surface area contributed by atoms with Crippen molar-refractivity contribution in [2.75, 3.05) is 0 Å². The number of ether oxygens (including phenoxy) is 2. The lowest BCUT2D eigenvalue weighted by Crippen LogP contribution is -2.32. The zero-order valence-corrected chi connectivity index (χ0v) is 67.9. The molecule has 9 heteroatoms. The van der Waals surface area contributed by atoms with Crippen molar-refractivity contribution in [1.82, 2.24) is 34.9 Å². The van der Waals surface area contributed by atoms with Gasteiger partial charge in [0, 0.05) is 106 Å². The minimum absolute atomic E-state index is 0.648. The van der Waals surface area contributed by atoms with Gasteiger partial charge in [-0.25, -0.2) is 24.9 Å². The smallest absolute Gasteiger partial charge is 0.160 e. The minimum Gasteiger partial charge on any atom is -0.455 e. The molecule has 0 fully saturated rings. The fourth-order valence-electron chi connectivity index (χ4n) is 20.6. The van der Waals surface area contributed by atoms with Crippen molar-refractivity contribution < 1.29 is 9.47 Å². The molecule has 16 aromatic carbocycles. The van der Waals surface area contributed by atoms with Gasteiger partial charge in [-0.2, -0.15) is 0 Å². The molecule has 9 nitrogen and oxygen atoms in total. The van der Waals surface area contributed by atoms with Crippen molar-refractivity contribution >= 4 is 54.3 Å². The molecule has 0 bridgehead atoms. The van der Waals surface area contributed by atoms with E-state index in [1.54, 1.807) is 12.4 Å². The molecule has 0 amide bonds. The number of hydrogen-bond donors (Lipinski definition) is 0. The first-order chi connectivity index (χ1) is 62.5. The summed E-state index contributed by atoms with van der Waals surface area (Å²) in [6, 6.07) is 148. The first-order valence-electron chi connectivity index (χ1n) is 42.7. The Hall–Kier alpha value is -16.8. The topological polar surface area (TPSA) is 109 Å². The lowest BCUT2D eigenvalue weighted by atomic mass is 9.65. The molecule has 126 heavy (non-hydrogen) atoms. The molecule has 8 heterocycles. The van der Waals surface area contributed by atoms with E-state index in [1.165, 1.54) is 44.5 Å². The van der Waals surface area contributed by atoms with Crippen molar-refractivity contribution in [3.8, 4) is 147 Å². The number of para-hydroxylation sites is 5. The second kappa shape index (κ2) is 29.0. The highest BCUT2D eigenvalue weighted by atomic mass is 16.5. The van der Waals surface area contributed by atoms with Crippen molar-refractivity contribution in [2.45, 2.75) is 10.8 Å². The maximum absolute atomic E-state index is 7.59. The van der Waals surface area contributed by atoms with Gasteiger partial charge in [0.15, 0.2) is 5.82 Å². The highest BCUT2D eigenvalue weighted by Crippen LogP contribution is 2.67. The summed E-state index contributed by atoms with van der Waals surface area (Å²) in [6.45, 7) is 0. The Morgan fingerprint density at radius 1 is 0.183 bits per heavy atom. The number of rotatable bonds is 9. The van der Waals surface area contributed by atoms with Gasteiger partial charge in [0.05, 0.1) is 67.2 Å². The van der Waals surface area contributed by atoms with Crippen LogP contribution in [-0.2, 0) is 10.8 Å². The Morgan fingerprint density at radius 3 is 0.952 bits per heavy atom. The number of nitrogens with zero attached hydrogens (tertiary/aromatic N) is 7. The van der Waals surface area contributed by atoms with Crippen molar-refractivity contribution in [3.05, 3.63) is 475 Å². The van der Waals surface area contributed by atoms with Crippen molar-refractivity contribution in [1.29, 1.82) is 0 Å². The SMILES string of the molecule is c1ccc(-c2nc(-c3ccc(-c4cccc5c4Oc4c(ccc6c(-c7ccccc7)nc7ccccc7c46)C54c5ccccc5-c5ccccc54)cc3)c3ccccc3n2)cc1.c1ccc(-c2nc3ccccc3c3c4c(ccc23)C2(c3ccccc3-c3ccccc32)c2cccc(-c3ccc(-c5cc(-c6ccccn6)nc(-c6ccccn6)c5)cc3)c2O4)cc1. The van der Waals surface area contributed by atoms with Gasteiger partial charge in [-0.15, -0.1) is 0 Å². The molecule has 22 aromatic rings. The van der Waals surface area contributed by atoms with Gasteiger partial charge >= 0.3 is 0 Å². The van der Waals surface area contributed by atoms with Crippen LogP contribution in [0.15, 0.2) is 431 Å². The quantitative estimate of drug-likeness (QED) is 0.131. The standard InChI is InChI=1S/C59H36N4O.C58H35N3O/c1-2-15-39(16-3-1)56-45-31-32-49-58(55(45)44-19-6-9-24-50(44)63-56)64-57-41(20-14-23-48(57)59(49)46-21-7-4-17-42(46)43-18-5-8-22-47(43)59)38-29-27-37(28-30-38)40-35-53(51-25-10-12-33-60-51)62-54(36-40)52-26-11-13-34-61-52;1-3-16-37(17-4-1)54-45-34-35-49-56(52(45)43-22-9-13-28-50(43)59-54)62-55-40(24-15-27-48(55)58(49)46-25-11-7-20-41(46)42-21-8-12-26-47(42)58)36-30-32-38(33-31-36)53-44-23-10-14-29-51(44)60-57(61-53)39-18-5-2-6-19-39/h1-36H;1-35H. The molecule has 0 N–H and O–H groups in total. The van der Waals surface area contributed by atoms with Gasteiger partial charge in [0.1, 0.15) is 23.0 Å². The van der Waals surface area contributed by atoms with Gasteiger partial charge in [-0.05, 0) is 121 Å². The third-order valence-corrected chi connectivity index (χ3v) is 26.0. The number of hydrogen-bond acceptors (Lipinski definition) is 9. The predicted octanol–water partition coefficient (Wildman–Crippen LogP) is 28.8. The molecular formula is C117H71N7O2. The van der Waals surface area contributed by atoms with Gasteiger partial charge in [0.25, 0.3) is 0 Å². The average Bonchev–Trinajstić information content (AvgIpc) is 1.48. The van der Waals surface area contributed by atoms with Gasteiger partial charge < -0.3 is 9.47 Å². The minimum atomic E-state index is -0.654. The molecule has 2 spiro atoms. The van der Waals surface area contributed by atoms with Crippen LogP contribution < -0.4 is 9.47 Å². The van der Waals surface area contributed by atoms with E-state index in [2.05, 4.69) is 368 Å². The van der Waals surface area contributed by atoms with Crippen LogP contribution in [0.2, 0.25) is 0 Å². The lowest BCUT2D eigenvalue weighted by molar-refractivity contribution is 0.443. The Kier molecular flexibility index (Phi) is 16.6. The van der Waals surface area contributed by atoms with Gasteiger partial charge in [-0.3, -0.25) is 9.97 Å². The maximum Gasteiger partial charge on any atom is 0.160 e. The molecule has 0 atom stereocenters. The summed E-state index contributed by atoms with van der Waals surface area (Å²) in [7, 11) is 0. The van der Waals surface area contributed by atoms with Crippen LogP contribution in [0, 0.1) is 0 Å². The molecule has 0 radical (unpaired) electrons. The molecule has 2 aliphatic heterocycles. The molecule has 0 saturated carbocycles. The summed E-state index contributed by atoms with van der Waals surface area (Å²) in [5.41, 5.74) is 32.3. The molecule has 0 unspecified atom stereocenters. The van der Waals surface area contributed by atoms with E-state index in [-0.39, 0.29) is 0 Å². The van der Waals surface area contributed by atoms with E-state index < -0.39 is 10.8 Å². The summed E-state index contributed by atoms with van der Waals surface area (Å²) in [4.78, 5) is 35.0. The Bertz CT molecular complexity index is 8040. The highest BCUT2D eigenvalue weighted by molar-refractivity contribution is 6.17. The zero-order valence-electron chi connectivity index (χ0n) is 67.9. The predicted molar refractivity (Wildman–Crippen MR) is 509 cm³/mol. The summed E-state index contributed by atoms with van der Waals surface area (Å²) in [5.74, 6) is 4.13. The normalized spacial score (nSPS) is 13.0. The van der Waals surface area contributed by atoms with E-state index in [1.807, 2.05) is 60.7 Å². The van der Waals surface area contributed by atoms with Crippen LogP contribution in [0.4, 0.5) is 0 Å². The molecular weight excluding hydrogens is 1540 g/mol. The first-order valence-corrected chi connectivity index (χ1v) is 42.7. The zero-order chi connectivity index (χ0) is 83.0. The monoisotopic (exact) mass is 1610 g/mol. The molecule has 2 aliphatic carbocycles. The van der Waals surface area contributed by atoms with E-state index in [0.29, 0.717) is 5.82 Å². The second-order valence-corrected chi connectivity index (χ2v) is 32.7. The van der Waals surface area contributed by atoms with E-state index >= 15 is 0 Å². The van der Waals surface area contributed by atoms with E-state index in [0.717, 1.165) is 195 Å². The summed E-state index contributed by atoms with van der Waals surface area (Å²) in [5, 5.41) is 7.36. The molecule has 26 rings (SSSR count). The molecule has 0 saturated heterocycles. The first kappa shape index (κ1) is 72.1. The fraction of sp³-hybridized carbons (Fsp3) is 0.0171. The summed E-state index contributed by atoms with van der Waals surface area (Å²) in [6.07, 6.45) is 3.61. The number of fused-ring (bicyclic) bond motifs is 27. The summed E-state index contributed by atoms with van der Waals surface area (Å²) >= 11 is 0. The maximum atomic E-state index is 7.59. The molecule has 586 valence electrons. The van der Waals surface area contributed by atoms with E-state index in [9.17, 15) is 0 Å². The van der Waals surface area contributed by atoms with Crippen molar-refractivity contribution in [3.63, 3.8) is 0 Å². The average molecular weight is 1610 g/mol. The van der Waals surface area contributed by atoms with Crippen LogP contribution in [0.3, 0.4) is 0 Å². The Morgan fingerprint density at radius 2 is 0.516 bits per heavy atom. The second-order valence-electron chi connectivity index (χ2n) is 32.7. The number of pyridine rings is 5. The number of benzene rings is 16. The molecule has 6 aromatic heterocycles. The van der Waals surface area contributed by atoms with Crippen LogP contribution in [-0.4, -0.2) is 34.9 Å². The third-order valence-electron chi connectivity index (χ3n) is 26.0. The van der Waals surface area contributed by atoms with Crippen LogP contribution in [0.1, 0.15) is 44.5 Å². The van der Waals surface area contributed by atoms with Gasteiger partial charge in [0.2, 0.25) is 0 Å². The van der Waals surface area contributed by atoms with Crippen LogP contribution >= 0.6 is 0 Å². The van der Waals surface area contributed by atoms with Crippen LogP contribution in [0.25, 0.3) is 178 Å². The van der Waals surface area contributed by atoms with E-state index in [4.69, 9.17) is 34.4 Å². The summed E-state index contributed by atoms with van der Waals surface area (Å²) < 4.78 is 15.2. The fourth-order valence-corrected chi connectivity index (χ4v) is 20.6. The van der Waals surface area contributed by atoms with Gasteiger partial charge in [-0.1, -0.05) is 364 Å². The Balaban J connectivity index is 0.000000137.